The summed E-state index contributed by atoms with van der Waals surface area (Å²) in [5, 5.41) is 7.62. The zero-order valence-corrected chi connectivity index (χ0v) is 12.4. The summed E-state index contributed by atoms with van der Waals surface area (Å²) in [6.45, 7) is 1.82. The lowest BCUT2D eigenvalue weighted by Crippen LogP contribution is -2.37. The van der Waals surface area contributed by atoms with Crippen molar-refractivity contribution in [3.05, 3.63) is 65.7 Å². The van der Waals surface area contributed by atoms with Gasteiger partial charge in [0.25, 0.3) is 0 Å². The van der Waals surface area contributed by atoms with Crippen molar-refractivity contribution in [1.29, 1.82) is 5.41 Å². The topological polar surface area (TPSA) is 96.0 Å². The summed E-state index contributed by atoms with van der Waals surface area (Å²) in [5.74, 6) is -0.252. The highest BCUT2D eigenvalue weighted by molar-refractivity contribution is 7.89. The van der Waals surface area contributed by atoms with Crippen molar-refractivity contribution in [2.45, 2.75) is 17.9 Å². The van der Waals surface area contributed by atoms with Crippen molar-refractivity contribution in [1.82, 2.24) is 4.72 Å². The van der Waals surface area contributed by atoms with Crippen LogP contribution in [0.2, 0.25) is 0 Å². The van der Waals surface area contributed by atoms with E-state index in [-0.39, 0.29) is 10.7 Å². The van der Waals surface area contributed by atoms with Gasteiger partial charge in [-0.25, -0.2) is 8.42 Å². The van der Waals surface area contributed by atoms with Crippen molar-refractivity contribution in [2.75, 3.05) is 0 Å². The fourth-order valence-electron chi connectivity index (χ4n) is 1.96. The number of hydrogen-bond donors (Lipinski definition) is 3. The molecule has 110 valence electrons. The second-order valence-electron chi connectivity index (χ2n) is 4.74. The summed E-state index contributed by atoms with van der Waals surface area (Å²) in [7, 11) is -3.75. The molecule has 2 rings (SSSR count). The van der Waals surface area contributed by atoms with E-state index in [1.165, 1.54) is 6.07 Å². The molecular formula is C15H17N3O2S. The summed E-state index contributed by atoms with van der Waals surface area (Å²) < 4.78 is 27.3. The van der Waals surface area contributed by atoms with Crippen molar-refractivity contribution < 1.29 is 8.42 Å². The number of nitrogens with one attached hydrogen (secondary N) is 2. The van der Waals surface area contributed by atoms with Crippen LogP contribution in [0.25, 0.3) is 0 Å². The number of nitrogens with two attached hydrogens (primary N) is 1. The molecule has 1 unspecified atom stereocenters. The zero-order valence-electron chi connectivity index (χ0n) is 11.6. The first-order chi connectivity index (χ1) is 9.90. The van der Waals surface area contributed by atoms with Gasteiger partial charge in [0.2, 0.25) is 10.0 Å². The second kappa shape index (κ2) is 6.07. The number of aryl methyl sites for hydroxylation is 1. The predicted molar refractivity (Wildman–Crippen MR) is 82.6 cm³/mol. The van der Waals surface area contributed by atoms with E-state index < -0.39 is 16.1 Å². The van der Waals surface area contributed by atoms with Crippen LogP contribution in [0, 0.1) is 12.3 Å². The van der Waals surface area contributed by atoms with Crippen LogP contribution >= 0.6 is 0 Å². The molecule has 5 nitrogen and oxygen atoms in total. The van der Waals surface area contributed by atoms with Crippen LogP contribution in [-0.2, 0) is 10.0 Å². The predicted octanol–water partition coefficient (Wildman–Crippen LogP) is 1.95. The molecule has 0 aromatic heterocycles. The Morgan fingerprint density at radius 1 is 1.14 bits per heavy atom. The largest absolute Gasteiger partial charge is 0.386 e. The number of rotatable bonds is 5. The molecule has 1 atom stereocenters. The smallest absolute Gasteiger partial charge is 0.241 e. The Bertz CT molecular complexity index is 743. The number of sulfonamides is 1. The van der Waals surface area contributed by atoms with Crippen LogP contribution in [0.1, 0.15) is 17.2 Å². The Balaban J connectivity index is 2.35. The van der Waals surface area contributed by atoms with Crippen molar-refractivity contribution in [3.8, 4) is 0 Å². The number of hydrogen-bond acceptors (Lipinski definition) is 3. The van der Waals surface area contributed by atoms with Crippen LogP contribution in [0.4, 0.5) is 0 Å². The van der Waals surface area contributed by atoms with E-state index in [2.05, 4.69) is 4.72 Å². The van der Waals surface area contributed by atoms with Gasteiger partial charge in [0.05, 0.1) is 4.90 Å². The van der Waals surface area contributed by atoms with Gasteiger partial charge in [-0.05, 0) is 30.2 Å². The maximum atomic E-state index is 12.4. The molecule has 0 amide bonds. The molecule has 0 saturated carbocycles. The SMILES string of the molecule is Cc1cccc(S(=O)(=O)NC(C(=N)N)c2ccccc2)c1. The molecular weight excluding hydrogens is 286 g/mol. The van der Waals surface area contributed by atoms with E-state index in [0.29, 0.717) is 5.56 Å². The van der Waals surface area contributed by atoms with E-state index >= 15 is 0 Å². The second-order valence-corrected chi connectivity index (χ2v) is 6.45. The summed E-state index contributed by atoms with van der Waals surface area (Å²) in [5.41, 5.74) is 7.01. The van der Waals surface area contributed by atoms with Gasteiger partial charge in [-0.1, -0.05) is 42.5 Å². The average molecular weight is 303 g/mol. The summed E-state index contributed by atoms with van der Waals surface area (Å²) in [6, 6.07) is 14.5. The molecule has 0 aliphatic heterocycles. The molecule has 0 radical (unpaired) electrons. The summed E-state index contributed by atoms with van der Waals surface area (Å²) in [4.78, 5) is 0.157. The van der Waals surface area contributed by atoms with Gasteiger partial charge in [0.1, 0.15) is 11.9 Å². The molecule has 0 bridgehead atoms. The van der Waals surface area contributed by atoms with Crippen LogP contribution in [0.15, 0.2) is 59.5 Å². The lowest BCUT2D eigenvalue weighted by molar-refractivity contribution is 0.576. The first kappa shape index (κ1) is 15.2. The van der Waals surface area contributed by atoms with E-state index in [9.17, 15) is 8.42 Å². The molecule has 0 heterocycles. The molecule has 0 spiro atoms. The molecule has 2 aromatic carbocycles. The van der Waals surface area contributed by atoms with Gasteiger partial charge in [0, 0.05) is 0 Å². The Morgan fingerprint density at radius 2 is 1.81 bits per heavy atom. The molecule has 0 aliphatic carbocycles. The molecule has 21 heavy (non-hydrogen) atoms. The minimum Gasteiger partial charge on any atom is -0.386 e. The van der Waals surface area contributed by atoms with E-state index in [1.807, 2.05) is 19.1 Å². The fourth-order valence-corrected chi connectivity index (χ4v) is 3.27. The van der Waals surface area contributed by atoms with Crippen LogP contribution in [0.5, 0.6) is 0 Å². The highest BCUT2D eigenvalue weighted by atomic mass is 32.2. The number of benzene rings is 2. The third-order valence-corrected chi connectivity index (χ3v) is 4.44. The monoisotopic (exact) mass is 303 g/mol. The van der Waals surface area contributed by atoms with Crippen molar-refractivity contribution in [2.24, 2.45) is 5.73 Å². The molecule has 0 saturated heterocycles. The average Bonchev–Trinajstić information content (AvgIpc) is 2.45. The van der Waals surface area contributed by atoms with E-state index in [4.69, 9.17) is 11.1 Å². The van der Waals surface area contributed by atoms with Crippen molar-refractivity contribution in [3.63, 3.8) is 0 Å². The van der Waals surface area contributed by atoms with Crippen LogP contribution in [0.3, 0.4) is 0 Å². The molecule has 6 heteroatoms. The fraction of sp³-hybridized carbons (Fsp3) is 0.133. The lowest BCUT2D eigenvalue weighted by Gasteiger charge is -2.18. The Morgan fingerprint density at radius 3 is 2.38 bits per heavy atom. The zero-order chi connectivity index (χ0) is 15.5. The Kier molecular flexibility index (Phi) is 4.40. The highest BCUT2D eigenvalue weighted by Crippen LogP contribution is 2.17. The van der Waals surface area contributed by atoms with Crippen LogP contribution < -0.4 is 10.5 Å². The van der Waals surface area contributed by atoms with E-state index in [0.717, 1.165) is 5.56 Å². The van der Waals surface area contributed by atoms with Crippen LogP contribution in [-0.4, -0.2) is 14.3 Å². The summed E-state index contributed by atoms with van der Waals surface area (Å²) >= 11 is 0. The maximum Gasteiger partial charge on any atom is 0.241 e. The molecule has 0 aliphatic rings. The highest BCUT2D eigenvalue weighted by Gasteiger charge is 2.23. The molecule has 0 fully saturated rings. The first-order valence-corrected chi connectivity index (χ1v) is 7.86. The van der Waals surface area contributed by atoms with Gasteiger partial charge < -0.3 is 5.73 Å². The van der Waals surface area contributed by atoms with Gasteiger partial charge >= 0.3 is 0 Å². The lowest BCUT2D eigenvalue weighted by atomic mass is 10.1. The van der Waals surface area contributed by atoms with Gasteiger partial charge in [-0.2, -0.15) is 4.72 Å². The number of amidine groups is 1. The van der Waals surface area contributed by atoms with Gasteiger partial charge in [-0.3, -0.25) is 5.41 Å². The first-order valence-electron chi connectivity index (χ1n) is 6.38. The standard InChI is InChI=1S/C15H17N3O2S/c1-11-6-5-9-13(10-11)21(19,20)18-14(15(16)17)12-7-3-2-4-8-12/h2-10,14,18H,1H3,(H3,16,17). The summed E-state index contributed by atoms with van der Waals surface area (Å²) in [6.07, 6.45) is 0. The Hall–Kier alpha value is -2.18. The van der Waals surface area contributed by atoms with Gasteiger partial charge in [0.15, 0.2) is 0 Å². The Labute approximate surface area is 124 Å². The quantitative estimate of drug-likeness (QED) is 0.582. The molecule has 4 N–H and O–H groups in total. The normalized spacial score (nSPS) is 12.8. The minimum atomic E-state index is -3.75. The third kappa shape index (κ3) is 3.68. The minimum absolute atomic E-state index is 0.157. The van der Waals surface area contributed by atoms with E-state index in [1.54, 1.807) is 36.4 Å². The third-order valence-electron chi connectivity index (χ3n) is 3.02. The maximum absolute atomic E-state index is 12.4. The van der Waals surface area contributed by atoms with Crippen molar-refractivity contribution >= 4 is 15.9 Å². The molecule has 2 aromatic rings. The van der Waals surface area contributed by atoms with Gasteiger partial charge in [-0.15, -0.1) is 0 Å².